The number of carbonyl (C=O) groups is 2. The number of carboxylic acid groups (broad SMARTS) is 1. The molecule has 3 aromatic carbocycles. The van der Waals surface area contributed by atoms with Gasteiger partial charge in [-0.1, -0.05) is 49.7 Å². The van der Waals surface area contributed by atoms with Crippen LogP contribution >= 0.6 is 0 Å². The van der Waals surface area contributed by atoms with Crippen molar-refractivity contribution in [3.63, 3.8) is 0 Å². The lowest BCUT2D eigenvalue weighted by molar-refractivity contribution is -0.143. The summed E-state index contributed by atoms with van der Waals surface area (Å²) in [5, 5.41) is 13.8. The van der Waals surface area contributed by atoms with Gasteiger partial charge in [0.05, 0.1) is 19.1 Å². The molecule has 0 radical (unpaired) electrons. The lowest BCUT2D eigenvalue weighted by Crippen LogP contribution is -2.35. The normalized spacial score (nSPS) is 19.2. The zero-order valence-electron chi connectivity index (χ0n) is 25.9. The number of ether oxygens (including phenoxy) is 4. The number of hydrogen-bond acceptors (Lipinski definition) is 7. The number of nitrogens with one attached hydrogen (secondary N) is 1. The van der Waals surface area contributed by atoms with E-state index < -0.39 is 17.9 Å². The van der Waals surface area contributed by atoms with Crippen molar-refractivity contribution in [2.75, 3.05) is 45.0 Å². The zero-order chi connectivity index (χ0) is 31.2. The summed E-state index contributed by atoms with van der Waals surface area (Å²) in [6.07, 6.45) is 1.59. The summed E-state index contributed by atoms with van der Waals surface area (Å²) in [6.45, 7) is 10.3. The maximum absolute atomic E-state index is 13.7. The van der Waals surface area contributed by atoms with Crippen LogP contribution in [0.1, 0.15) is 60.5 Å². The van der Waals surface area contributed by atoms with E-state index in [4.69, 9.17) is 18.9 Å². The van der Waals surface area contributed by atoms with Gasteiger partial charge in [-0.3, -0.25) is 14.5 Å². The Balaban J connectivity index is 1.45. The van der Waals surface area contributed by atoms with E-state index in [0.717, 1.165) is 46.3 Å². The molecule has 2 N–H and O–H groups in total. The van der Waals surface area contributed by atoms with Crippen molar-refractivity contribution in [1.29, 1.82) is 0 Å². The van der Waals surface area contributed by atoms with Gasteiger partial charge in [0.2, 0.25) is 12.7 Å². The van der Waals surface area contributed by atoms with E-state index in [1.165, 1.54) is 0 Å². The summed E-state index contributed by atoms with van der Waals surface area (Å²) in [5.74, 6) is -0.349. The fourth-order valence-electron chi connectivity index (χ4n) is 6.42. The number of likely N-dealkylation sites (tertiary alicyclic amines) is 1. The molecule has 2 heterocycles. The van der Waals surface area contributed by atoms with Crippen molar-refractivity contribution in [1.82, 2.24) is 4.90 Å². The minimum Gasteiger partial charge on any atom is -0.491 e. The third kappa shape index (κ3) is 6.84. The van der Waals surface area contributed by atoms with Crippen molar-refractivity contribution in [2.45, 2.75) is 52.5 Å². The molecule has 2 aliphatic heterocycles. The molecule has 1 saturated heterocycles. The highest BCUT2D eigenvalue weighted by molar-refractivity contribution is 5.94. The van der Waals surface area contributed by atoms with Gasteiger partial charge in [-0.2, -0.15) is 0 Å². The topological polar surface area (TPSA) is 107 Å². The lowest BCUT2D eigenvalue weighted by Gasteiger charge is -2.27. The number of hydrogen-bond donors (Lipinski definition) is 2. The molecule has 1 fully saturated rings. The number of aryl methyl sites for hydroxylation is 3. The third-order valence-electron chi connectivity index (χ3n) is 8.45. The fourth-order valence-corrected chi connectivity index (χ4v) is 6.42. The van der Waals surface area contributed by atoms with Crippen LogP contribution in [0.2, 0.25) is 0 Å². The van der Waals surface area contributed by atoms with E-state index in [-0.39, 0.29) is 25.2 Å². The van der Waals surface area contributed by atoms with E-state index >= 15 is 0 Å². The number of fused-ring (bicyclic) bond motifs is 1. The predicted octanol–water partition coefficient (Wildman–Crippen LogP) is 5.74. The van der Waals surface area contributed by atoms with Gasteiger partial charge in [0.15, 0.2) is 11.5 Å². The highest BCUT2D eigenvalue weighted by atomic mass is 16.7. The van der Waals surface area contributed by atoms with Crippen molar-refractivity contribution >= 4 is 17.6 Å². The second-order valence-electron chi connectivity index (χ2n) is 11.3. The minimum absolute atomic E-state index is 0.0439. The molecule has 0 aliphatic carbocycles. The van der Waals surface area contributed by atoms with Crippen molar-refractivity contribution < 1.29 is 33.6 Å². The molecule has 0 spiro atoms. The first-order valence-corrected chi connectivity index (χ1v) is 15.4. The van der Waals surface area contributed by atoms with Crippen LogP contribution in [0.25, 0.3) is 0 Å². The largest absolute Gasteiger partial charge is 0.491 e. The summed E-state index contributed by atoms with van der Waals surface area (Å²) < 4.78 is 22.3. The molecule has 5 rings (SSSR count). The van der Waals surface area contributed by atoms with Gasteiger partial charge in [0.1, 0.15) is 12.4 Å². The molecule has 0 saturated carbocycles. The number of amides is 1. The van der Waals surface area contributed by atoms with Gasteiger partial charge in [-0.25, -0.2) is 0 Å². The molecule has 0 bridgehead atoms. The van der Waals surface area contributed by atoms with Gasteiger partial charge in [-0.05, 0) is 73.2 Å². The lowest BCUT2D eigenvalue weighted by atomic mass is 9.82. The Kier molecular flexibility index (Phi) is 10.1. The van der Waals surface area contributed by atoms with Crippen LogP contribution in [0, 0.1) is 12.8 Å². The summed E-state index contributed by atoms with van der Waals surface area (Å²) in [4.78, 5) is 28.7. The Morgan fingerprint density at radius 2 is 1.61 bits per heavy atom. The second-order valence-corrected chi connectivity index (χ2v) is 11.3. The molecular formula is C35H42N2O7. The molecule has 1 amide bonds. The average Bonchev–Trinajstić information content (AvgIpc) is 3.64. The number of carboxylic acids is 1. The van der Waals surface area contributed by atoms with E-state index in [9.17, 15) is 14.7 Å². The average molecular weight is 603 g/mol. The molecule has 2 aliphatic rings. The Bertz CT molecular complexity index is 1450. The first-order valence-electron chi connectivity index (χ1n) is 15.4. The smallest absolute Gasteiger partial charge is 0.309 e. The minimum atomic E-state index is -0.919. The second kappa shape index (κ2) is 14.1. The molecule has 1 unspecified atom stereocenters. The number of carbonyl (C=O) groups excluding carboxylic acids is 1. The van der Waals surface area contributed by atoms with Gasteiger partial charge in [0, 0.05) is 30.8 Å². The first-order chi connectivity index (χ1) is 21.3. The van der Waals surface area contributed by atoms with E-state index in [2.05, 4.69) is 38.2 Å². The van der Waals surface area contributed by atoms with Gasteiger partial charge < -0.3 is 29.4 Å². The highest BCUT2D eigenvalue weighted by Crippen LogP contribution is 2.47. The van der Waals surface area contributed by atoms with Crippen LogP contribution in [0.4, 0.5) is 5.69 Å². The highest BCUT2D eigenvalue weighted by Gasteiger charge is 2.48. The Morgan fingerprint density at radius 3 is 2.27 bits per heavy atom. The molecule has 9 nitrogen and oxygen atoms in total. The summed E-state index contributed by atoms with van der Waals surface area (Å²) in [5.41, 5.74) is 5.86. The van der Waals surface area contributed by atoms with Crippen LogP contribution in [0.15, 0.2) is 54.6 Å². The summed E-state index contributed by atoms with van der Waals surface area (Å²) >= 11 is 0. The number of aliphatic carboxylic acids is 1. The van der Waals surface area contributed by atoms with E-state index in [0.29, 0.717) is 43.6 Å². The number of nitrogens with zero attached hydrogens (tertiary/aromatic N) is 1. The number of benzene rings is 3. The summed E-state index contributed by atoms with van der Waals surface area (Å²) in [6, 6.07) is 16.8. The first kappa shape index (κ1) is 31.3. The SMILES string of the molecule is CCOCCOc1ccc([C@H]2C(C(=O)O)[C@@H](c3ccc4c(c3)OCO4)CN2CC(=O)Nc2c(CC)cc(C)cc2CC)cc1. The van der Waals surface area contributed by atoms with Crippen molar-refractivity contribution in [3.8, 4) is 17.2 Å². The Hall–Kier alpha value is -4.08. The van der Waals surface area contributed by atoms with Gasteiger partial charge in [0.25, 0.3) is 0 Å². The van der Waals surface area contributed by atoms with Crippen molar-refractivity contribution in [3.05, 3.63) is 82.4 Å². The van der Waals surface area contributed by atoms with E-state index in [1.807, 2.05) is 54.3 Å². The zero-order valence-corrected chi connectivity index (χ0v) is 25.9. The molecule has 3 atom stereocenters. The van der Waals surface area contributed by atoms with Crippen LogP contribution in [-0.4, -0.2) is 61.6 Å². The summed E-state index contributed by atoms with van der Waals surface area (Å²) in [7, 11) is 0. The molecule has 234 valence electrons. The maximum atomic E-state index is 13.7. The fraction of sp³-hybridized carbons (Fsp3) is 0.429. The molecule has 0 aromatic heterocycles. The van der Waals surface area contributed by atoms with Crippen LogP contribution in [-0.2, 0) is 27.2 Å². The van der Waals surface area contributed by atoms with E-state index in [1.54, 1.807) is 0 Å². The van der Waals surface area contributed by atoms with Crippen LogP contribution in [0.5, 0.6) is 17.2 Å². The monoisotopic (exact) mass is 602 g/mol. The standard InChI is InChI=1S/C35H42N2O7/c1-5-23-16-22(4)17-24(6-2)33(23)36-31(38)20-37-19-28(26-10-13-29-30(18-26)44-21-43-29)32(35(39)40)34(37)25-8-11-27(12-9-25)42-15-14-41-7-3/h8-13,16-18,28,32,34H,5-7,14-15,19-21H2,1-4H3,(H,36,38)(H,39,40)/t28-,32?,34+/m1/s1. The van der Waals surface area contributed by atoms with Crippen LogP contribution < -0.4 is 19.5 Å². The molecule has 44 heavy (non-hydrogen) atoms. The Labute approximate surface area is 259 Å². The van der Waals surface area contributed by atoms with Gasteiger partial charge >= 0.3 is 5.97 Å². The van der Waals surface area contributed by atoms with Crippen LogP contribution in [0.3, 0.4) is 0 Å². The predicted molar refractivity (Wildman–Crippen MR) is 168 cm³/mol. The number of anilines is 1. The maximum Gasteiger partial charge on any atom is 0.309 e. The Morgan fingerprint density at radius 1 is 0.932 bits per heavy atom. The molecular weight excluding hydrogens is 560 g/mol. The third-order valence-corrected chi connectivity index (χ3v) is 8.45. The quantitative estimate of drug-likeness (QED) is 0.239. The number of rotatable bonds is 13. The molecule has 3 aromatic rings. The van der Waals surface area contributed by atoms with Gasteiger partial charge in [-0.15, -0.1) is 0 Å². The van der Waals surface area contributed by atoms with Crippen molar-refractivity contribution in [2.24, 2.45) is 5.92 Å². The molecule has 9 heteroatoms.